The summed E-state index contributed by atoms with van der Waals surface area (Å²) in [4.78, 5) is 37.9. The van der Waals surface area contributed by atoms with Crippen LogP contribution in [-0.2, 0) is 0 Å². The summed E-state index contributed by atoms with van der Waals surface area (Å²) in [6.07, 6.45) is 4.86. The summed E-state index contributed by atoms with van der Waals surface area (Å²) in [6.45, 7) is 1.84. The van der Waals surface area contributed by atoms with Gasteiger partial charge < -0.3 is 10.3 Å². The highest BCUT2D eigenvalue weighted by Gasteiger charge is 2.14. The van der Waals surface area contributed by atoms with Crippen molar-refractivity contribution in [3.8, 4) is 11.4 Å². The largest absolute Gasteiger partial charge is 0.323 e. The Morgan fingerprint density at radius 3 is 2.43 bits per heavy atom. The number of imidazole rings is 1. The zero-order valence-corrected chi connectivity index (χ0v) is 19.0. The van der Waals surface area contributed by atoms with Crippen LogP contribution in [-0.4, -0.2) is 26.6 Å². The van der Waals surface area contributed by atoms with Crippen LogP contribution in [0.25, 0.3) is 28.6 Å². The van der Waals surface area contributed by atoms with Gasteiger partial charge in [0, 0.05) is 16.7 Å². The minimum absolute atomic E-state index is 0.170. The predicted molar refractivity (Wildman–Crippen MR) is 138 cm³/mol. The second-order valence-electron chi connectivity index (χ2n) is 8.14. The number of carbonyl (C=O) groups excluding carboxylic acids is 2. The maximum absolute atomic E-state index is 13.1. The van der Waals surface area contributed by atoms with E-state index in [2.05, 4.69) is 20.3 Å². The van der Waals surface area contributed by atoms with E-state index < -0.39 is 0 Å². The average molecular weight is 459 g/mol. The molecular weight excluding hydrogens is 436 g/mol. The van der Waals surface area contributed by atoms with Crippen LogP contribution in [0.1, 0.15) is 31.8 Å². The number of allylic oxidation sites excluding steroid dienone is 1. The van der Waals surface area contributed by atoms with Gasteiger partial charge in [0.25, 0.3) is 5.91 Å². The number of rotatable bonds is 6. The molecule has 2 aromatic heterocycles. The van der Waals surface area contributed by atoms with E-state index in [1.54, 1.807) is 36.5 Å². The van der Waals surface area contributed by atoms with Crippen molar-refractivity contribution < 1.29 is 9.59 Å². The second kappa shape index (κ2) is 9.57. The Morgan fingerprint density at radius 2 is 1.66 bits per heavy atom. The van der Waals surface area contributed by atoms with Gasteiger partial charge in [-0.25, -0.2) is 9.97 Å². The lowest BCUT2D eigenvalue weighted by Gasteiger charge is -2.09. The molecule has 0 unspecified atom stereocenters. The molecule has 6 heteroatoms. The number of aromatic amines is 1. The number of aryl methyl sites for hydroxylation is 1. The molecule has 0 saturated carbocycles. The first-order chi connectivity index (χ1) is 17.1. The van der Waals surface area contributed by atoms with E-state index in [9.17, 15) is 9.59 Å². The summed E-state index contributed by atoms with van der Waals surface area (Å²) in [5.41, 5.74) is 5.33. The van der Waals surface area contributed by atoms with Gasteiger partial charge in [-0.05, 0) is 36.3 Å². The van der Waals surface area contributed by atoms with Crippen molar-refractivity contribution in [1.29, 1.82) is 0 Å². The molecule has 0 saturated heterocycles. The topological polar surface area (TPSA) is 87.7 Å². The highest BCUT2D eigenvalue weighted by Crippen LogP contribution is 2.22. The summed E-state index contributed by atoms with van der Waals surface area (Å²) in [7, 11) is 0. The van der Waals surface area contributed by atoms with Crippen LogP contribution in [0.5, 0.6) is 0 Å². The number of amides is 1. The summed E-state index contributed by atoms with van der Waals surface area (Å²) < 4.78 is 0. The third-order valence-corrected chi connectivity index (χ3v) is 5.64. The summed E-state index contributed by atoms with van der Waals surface area (Å²) in [5, 5.41) is 2.88. The summed E-state index contributed by atoms with van der Waals surface area (Å²) in [6, 6.07) is 26.3. The number of ketones is 1. The van der Waals surface area contributed by atoms with Crippen LogP contribution < -0.4 is 5.32 Å². The van der Waals surface area contributed by atoms with E-state index in [-0.39, 0.29) is 11.7 Å². The van der Waals surface area contributed by atoms with Crippen LogP contribution >= 0.6 is 0 Å². The van der Waals surface area contributed by atoms with Gasteiger partial charge in [-0.2, -0.15) is 0 Å². The Kier molecular flexibility index (Phi) is 6.01. The van der Waals surface area contributed by atoms with Crippen molar-refractivity contribution in [2.45, 2.75) is 6.92 Å². The fraction of sp³-hybridized carbons (Fsp3) is 0.0345. The number of H-pyrrole nitrogens is 1. The van der Waals surface area contributed by atoms with E-state index in [4.69, 9.17) is 0 Å². The zero-order valence-electron chi connectivity index (χ0n) is 19.0. The molecule has 0 fully saturated rings. The molecule has 0 aliphatic heterocycles. The summed E-state index contributed by atoms with van der Waals surface area (Å²) in [5.74, 6) is 0.224. The molecule has 170 valence electrons. The quantitative estimate of drug-likeness (QED) is 0.238. The number of nitrogens with one attached hydrogen (secondary N) is 2. The van der Waals surface area contributed by atoms with E-state index in [1.807, 2.05) is 67.6 Å². The van der Waals surface area contributed by atoms with Gasteiger partial charge in [0.15, 0.2) is 11.4 Å². The molecular formula is C29H22N4O2. The molecule has 2 N–H and O–H groups in total. The number of hydrogen-bond acceptors (Lipinski definition) is 4. The Balaban J connectivity index is 1.35. The van der Waals surface area contributed by atoms with Crippen molar-refractivity contribution >= 4 is 34.6 Å². The maximum Gasteiger partial charge on any atom is 0.255 e. The normalized spacial score (nSPS) is 11.1. The number of aromatic nitrogens is 3. The first-order valence-corrected chi connectivity index (χ1v) is 11.2. The van der Waals surface area contributed by atoms with Crippen molar-refractivity contribution in [3.05, 3.63) is 119 Å². The van der Waals surface area contributed by atoms with E-state index >= 15 is 0 Å². The number of nitrogens with zero attached hydrogens (tertiary/aromatic N) is 2. The number of anilines is 1. The lowest BCUT2D eigenvalue weighted by atomic mass is 10.0. The molecule has 5 rings (SSSR count). The van der Waals surface area contributed by atoms with Gasteiger partial charge in [-0.3, -0.25) is 9.59 Å². The molecule has 6 nitrogen and oxygen atoms in total. The number of pyridine rings is 1. The van der Waals surface area contributed by atoms with E-state index in [0.717, 1.165) is 16.7 Å². The molecule has 0 aliphatic carbocycles. The Morgan fingerprint density at radius 1 is 0.914 bits per heavy atom. The van der Waals surface area contributed by atoms with Crippen LogP contribution in [0.3, 0.4) is 0 Å². The average Bonchev–Trinajstić information content (AvgIpc) is 3.32. The second-order valence-corrected chi connectivity index (χ2v) is 8.14. The van der Waals surface area contributed by atoms with Gasteiger partial charge in [-0.1, -0.05) is 78.9 Å². The first-order valence-electron chi connectivity index (χ1n) is 11.2. The fourth-order valence-electron chi connectivity index (χ4n) is 3.75. The van der Waals surface area contributed by atoms with Crippen LogP contribution in [0, 0.1) is 6.92 Å². The van der Waals surface area contributed by atoms with Gasteiger partial charge in [-0.15, -0.1) is 0 Å². The third kappa shape index (κ3) is 4.91. The van der Waals surface area contributed by atoms with Crippen LogP contribution in [0.2, 0.25) is 0 Å². The Labute approximate surface area is 202 Å². The smallest absolute Gasteiger partial charge is 0.255 e. The van der Waals surface area contributed by atoms with Gasteiger partial charge in [0.2, 0.25) is 0 Å². The van der Waals surface area contributed by atoms with E-state index in [1.165, 1.54) is 6.08 Å². The highest BCUT2D eigenvalue weighted by molar-refractivity contribution is 6.10. The molecule has 0 spiro atoms. The van der Waals surface area contributed by atoms with Gasteiger partial charge in [0.05, 0.1) is 11.9 Å². The summed E-state index contributed by atoms with van der Waals surface area (Å²) >= 11 is 0. The Hall–Kier alpha value is -4.84. The molecule has 2 heterocycles. The first kappa shape index (κ1) is 22.0. The maximum atomic E-state index is 13.1. The SMILES string of the molecule is Cc1ccc(C(=O)/C=C/c2ccccc2)cc1C(=O)Nc1cnc2[nH]c(-c3ccccc3)nc2c1. The van der Waals surface area contributed by atoms with Gasteiger partial charge in [0.1, 0.15) is 11.3 Å². The molecule has 0 bridgehead atoms. The molecule has 0 radical (unpaired) electrons. The Bertz CT molecular complexity index is 1550. The molecule has 1 amide bonds. The van der Waals surface area contributed by atoms with Crippen molar-refractivity contribution in [1.82, 2.24) is 15.0 Å². The molecule has 0 aliphatic rings. The van der Waals surface area contributed by atoms with Crippen LogP contribution in [0.4, 0.5) is 5.69 Å². The minimum Gasteiger partial charge on any atom is -0.323 e. The highest BCUT2D eigenvalue weighted by atomic mass is 16.1. The number of carbonyl (C=O) groups is 2. The van der Waals surface area contributed by atoms with Crippen LogP contribution in [0.15, 0.2) is 97.2 Å². The van der Waals surface area contributed by atoms with Gasteiger partial charge >= 0.3 is 0 Å². The predicted octanol–water partition coefficient (Wildman–Crippen LogP) is 6.08. The number of fused-ring (bicyclic) bond motifs is 1. The fourth-order valence-corrected chi connectivity index (χ4v) is 3.75. The van der Waals surface area contributed by atoms with E-state index in [0.29, 0.717) is 33.8 Å². The van der Waals surface area contributed by atoms with Crippen molar-refractivity contribution in [2.24, 2.45) is 0 Å². The third-order valence-electron chi connectivity index (χ3n) is 5.64. The molecule has 3 aromatic carbocycles. The standard InChI is InChI=1S/C29H22N4O2/c1-19-12-14-22(26(34)15-13-20-8-4-2-5-9-20)16-24(19)29(35)31-23-17-25-28(30-18-23)33-27(32-25)21-10-6-3-7-11-21/h2-18H,1H3,(H,31,35)(H,30,32,33)/b15-13+. The number of hydrogen-bond donors (Lipinski definition) is 2. The monoisotopic (exact) mass is 458 g/mol. The lowest BCUT2D eigenvalue weighted by Crippen LogP contribution is -2.14. The lowest BCUT2D eigenvalue weighted by molar-refractivity contribution is 0.102. The van der Waals surface area contributed by atoms with Crippen molar-refractivity contribution in [2.75, 3.05) is 5.32 Å². The molecule has 0 atom stereocenters. The molecule has 5 aromatic rings. The molecule has 35 heavy (non-hydrogen) atoms. The number of benzene rings is 3. The minimum atomic E-state index is -0.316. The van der Waals surface area contributed by atoms with Crippen molar-refractivity contribution in [3.63, 3.8) is 0 Å². The zero-order chi connectivity index (χ0) is 24.2.